The lowest BCUT2D eigenvalue weighted by Crippen LogP contribution is -1.91. The zero-order valence-electron chi connectivity index (χ0n) is 17.2. The highest BCUT2D eigenvalue weighted by Gasteiger charge is 2.02. The van der Waals surface area contributed by atoms with Gasteiger partial charge in [-0.2, -0.15) is 0 Å². The largest absolute Gasteiger partial charge is 0.227 e. The number of unbranched alkanes of at least 4 members (excludes halogenated alkanes) is 5. The van der Waals surface area contributed by atoms with E-state index in [0.29, 0.717) is 0 Å². The Morgan fingerprint density at radius 1 is 0.536 bits per heavy atom. The molecule has 0 N–H and O–H groups in total. The molecule has 0 saturated heterocycles. The highest BCUT2D eigenvalue weighted by molar-refractivity contribution is 8.77. The third kappa shape index (κ3) is 10.4. The van der Waals surface area contributed by atoms with E-state index in [4.69, 9.17) is 0 Å². The Kier molecular flexibility index (Phi) is 11.7. The van der Waals surface area contributed by atoms with Gasteiger partial charge in [0, 0.05) is 34.3 Å². The topological polar surface area (TPSA) is 51.6 Å². The van der Waals surface area contributed by atoms with Crippen LogP contribution in [0.1, 0.15) is 61.3 Å². The number of hydrogen-bond donors (Lipinski definition) is 0. The fraction of sp³-hybridized carbons (Fsp3) is 0.600. The van der Waals surface area contributed by atoms with E-state index in [0.717, 1.165) is 33.1 Å². The van der Waals surface area contributed by atoms with Crippen molar-refractivity contribution in [3.63, 3.8) is 0 Å². The van der Waals surface area contributed by atoms with Crippen LogP contribution in [0.25, 0.3) is 0 Å². The van der Waals surface area contributed by atoms with Crippen LogP contribution in [0, 0.1) is 27.7 Å². The van der Waals surface area contributed by atoms with Gasteiger partial charge in [0.1, 0.15) is 0 Å². The molecule has 0 aliphatic heterocycles. The predicted octanol–water partition coefficient (Wildman–Crippen LogP) is 7.02. The van der Waals surface area contributed by atoms with Crippen molar-refractivity contribution in [3.8, 4) is 0 Å². The first-order valence-corrected chi connectivity index (χ1v) is 14.4. The molecule has 2 heterocycles. The number of rotatable bonds is 13. The second kappa shape index (κ2) is 13.7. The van der Waals surface area contributed by atoms with E-state index in [2.05, 4.69) is 19.9 Å². The maximum absolute atomic E-state index is 4.46. The zero-order chi connectivity index (χ0) is 20.2. The molecule has 2 aromatic heterocycles. The summed E-state index contributed by atoms with van der Waals surface area (Å²) in [4.78, 5) is 17.9. The first-order valence-electron chi connectivity index (χ1n) is 9.76. The number of aromatic nitrogens is 4. The van der Waals surface area contributed by atoms with E-state index in [1.165, 1.54) is 50.0 Å². The van der Waals surface area contributed by atoms with E-state index in [1.807, 2.05) is 61.4 Å². The molecule has 0 spiro atoms. The maximum atomic E-state index is 4.46. The average Bonchev–Trinajstić information content (AvgIpc) is 2.61. The zero-order valence-corrected chi connectivity index (χ0v) is 20.5. The minimum atomic E-state index is 0.893. The van der Waals surface area contributed by atoms with Crippen molar-refractivity contribution in [1.82, 2.24) is 19.9 Å². The van der Waals surface area contributed by atoms with Gasteiger partial charge in [0.2, 0.25) is 0 Å². The van der Waals surface area contributed by atoms with Crippen molar-refractivity contribution in [3.05, 3.63) is 34.9 Å². The third-order valence-corrected chi connectivity index (χ3v) is 8.31. The second-order valence-corrected chi connectivity index (χ2v) is 11.6. The van der Waals surface area contributed by atoms with Gasteiger partial charge < -0.3 is 0 Å². The quantitative estimate of drug-likeness (QED) is 0.182. The molecule has 4 nitrogen and oxygen atoms in total. The van der Waals surface area contributed by atoms with Crippen LogP contribution in [0.3, 0.4) is 0 Å². The van der Waals surface area contributed by atoms with Crippen LogP contribution in [0.2, 0.25) is 0 Å². The van der Waals surface area contributed by atoms with Crippen molar-refractivity contribution in [2.24, 2.45) is 0 Å². The van der Waals surface area contributed by atoms with Crippen LogP contribution in [-0.4, -0.2) is 31.4 Å². The predicted molar refractivity (Wildman–Crippen MR) is 127 cm³/mol. The van der Waals surface area contributed by atoms with Gasteiger partial charge in [0.15, 0.2) is 10.3 Å². The minimum Gasteiger partial charge on any atom is -0.227 e. The molecule has 0 amide bonds. The number of aryl methyl sites for hydroxylation is 4. The Hall–Kier alpha value is -0.440. The van der Waals surface area contributed by atoms with Gasteiger partial charge in [0.05, 0.1) is 0 Å². The standard InChI is InChI=1S/C20H30N4S4/c1-15-13-16(2)22-19(21-15)27-25-11-9-7-5-6-8-10-12-26-28-20-23-17(3)14-18(4)24-20/h13-14H,5-12H2,1-4H3. The van der Waals surface area contributed by atoms with E-state index in [-0.39, 0.29) is 0 Å². The van der Waals surface area contributed by atoms with Gasteiger partial charge in [-0.25, -0.2) is 19.9 Å². The lowest BCUT2D eigenvalue weighted by atomic mass is 10.1. The van der Waals surface area contributed by atoms with E-state index >= 15 is 0 Å². The lowest BCUT2D eigenvalue weighted by Gasteiger charge is -2.04. The van der Waals surface area contributed by atoms with Crippen molar-refractivity contribution in [1.29, 1.82) is 0 Å². The van der Waals surface area contributed by atoms with Gasteiger partial charge in [-0.1, -0.05) is 47.3 Å². The van der Waals surface area contributed by atoms with Gasteiger partial charge in [-0.15, -0.1) is 0 Å². The van der Waals surface area contributed by atoms with Crippen LogP contribution in [-0.2, 0) is 0 Å². The fourth-order valence-corrected chi connectivity index (χ4v) is 6.71. The minimum absolute atomic E-state index is 0.893. The summed E-state index contributed by atoms with van der Waals surface area (Å²) < 4.78 is 0. The van der Waals surface area contributed by atoms with Crippen LogP contribution >= 0.6 is 43.2 Å². The monoisotopic (exact) mass is 454 g/mol. The molecule has 0 saturated carbocycles. The summed E-state index contributed by atoms with van der Waals surface area (Å²) in [6.07, 6.45) is 7.86. The molecule has 0 fully saturated rings. The van der Waals surface area contributed by atoms with Gasteiger partial charge in [0.25, 0.3) is 0 Å². The Morgan fingerprint density at radius 3 is 1.21 bits per heavy atom. The second-order valence-electron chi connectivity index (χ2n) is 6.80. The van der Waals surface area contributed by atoms with Crippen molar-refractivity contribution in [2.45, 2.75) is 76.5 Å². The first kappa shape index (κ1) is 23.8. The van der Waals surface area contributed by atoms with Gasteiger partial charge in [-0.05, 0) is 74.3 Å². The summed E-state index contributed by atoms with van der Waals surface area (Å²) in [5.74, 6) is 2.34. The molecular weight excluding hydrogens is 425 g/mol. The van der Waals surface area contributed by atoms with E-state index in [1.54, 1.807) is 21.6 Å². The Labute approximate surface area is 185 Å². The number of hydrogen-bond acceptors (Lipinski definition) is 8. The molecule has 0 atom stereocenters. The first-order chi connectivity index (χ1) is 13.5. The van der Waals surface area contributed by atoms with Crippen LogP contribution < -0.4 is 0 Å². The summed E-state index contributed by atoms with van der Waals surface area (Å²) in [6.45, 7) is 8.10. The van der Waals surface area contributed by atoms with E-state index in [9.17, 15) is 0 Å². The molecule has 0 unspecified atom stereocenters. The van der Waals surface area contributed by atoms with Crippen LogP contribution in [0.5, 0.6) is 0 Å². The third-order valence-electron chi connectivity index (χ3n) is 3.90. The van der Waals surface area contributed by atoms with Crippen LogP contribution in [0.15, 0.2) is 22.4 Å². The summed E-state index contributed by atoms with van der Waals surface area (Å²) in [5, 5.41) is 1.79. The SMILES string of the molecule is Cc1cc(C)nc(SSCCCCCCCCSSc2nc(C)cc(C)n2)n1. The summed E-state index contributed by atoms with van der Waals surface area (Å²) >= 11 is 0. The van der Waals surface area contributed by atoms with Crippen molar-refractivity contribution >= 4 is 43.2 Å². The molecule has 0 aliphatic carbocycles. The molecule has 0 radical (unpaired) electrons. The molecule has 8 heteroatoms. The van der Waals surface area contributed by atoms with Crippen LogP contribution in [0.4, 0.5) is 0 Å². The lowest BCUT2D eigenvalue weighted by molar-refractivity contribution is 0.630. The maximum Gasteiger partial charge on any atom is 0.198 e. The summed E-state index contributed by atoms with van der Waals surface area (Å²) in [5.41, 5.74) is 4.20. The molecule has 28 heavy (non-hydrogen) atoms. The molecule has 154 valence electrons. The highest BCUT2D eigenvalue weighted by Crippen LogP contribution is 2.30. The Balaban J connectivity index is 1.40. The summed E-state index contributed by atoms with van der Waals surface area (Å²) in [6, 6.07) is 4.03. The molecule has 2 rings (SSSR count). The molecule has 0 aliphatic rings. The smallest absolute Gasteiger partial charge is 0.198 e. The van der Waals surface area contributed by atoms with Crippen molar-refractivity contribution in [2.75, 3.05) is 11.5 Å². The van der Waals surface area contributed by atoms with Crippen molar-refractivity contribution < 1.29 is 0 Å². The Bertz CT molecular complexity index is 625. The fourth-order valence-electron chi connectivity index (χ4n) is 2.68. The summed E-state index contributed by atoms with van der Waals surface area (Å²) in [7, 11) is 7.15. The average molecular weight is 455 g/mol. The van der Waals surface area contributed by atoms with Gasteiger partial charge >= 0.3 is 0 Å². The molecular formula is C20H30N4S4. The molecule has 0 aromatic carbocycles. The molecule has 0 bridgehead atoms. The van der Waals surface area contributed by atoms with Gasteiger partial charge in [-0.3, -0.25) is 0 Å². The highest BCUT2D eigenvalue weighted by atomic mass is 33.1. The Morgan fingerprint density at radius 2 is 0.857 bits per heavy atom. The molecule has 2 aromatic rings. The number of nitrogens with zero attached hydrogens (tertiary/aromatic N) is 4. The van der Waals surface area contributed by atoms with E-state index < -0.39 is 0 Å². The normalized spacial score (nSPS) is 11.1.